The third-order valence-corrected chi connectivity index (χ3v) is 3.10. The van der Waals surface area contributed by atoms with Crippen LogP contribution in [0.25, 0.3) is 0 Å². The molecule has 0 aliphatic heterocycles. The van der Waals surface area contributed by atoms with E-state index in [9.17, 15) is 0 Å². The van der Waals surface area contributed by atoms with Gasteiger partial charge in [-0.1, -0.05) is 5.21 Å². The van der Waals surface area contributed by atoms with Crippen molar-refractivity contribution in [1.82, 2.24) is 15.0 Å². The number of unbranched alkanes of at least 4 members (excludes halogenated alkanes) is 2. The number of hydrogen-bond acceptors (Lipinski definition) is 4. The van der Waals surface area contributed by atoms with Crippen LogP contribution in [0.3, 0.4) is 0 Å². The van der Waals surface area contributed by atoms with Gasteiger partial charge in [0.2, 0.25) is 0 Å². The Labute approximate surface area is 102 Å². The molecule has 0 atom stereocenters. The fraction of sp³-hybridized carbons (Fsp3) is 0.750. The van der Waals surface area contributed by atoms with E-state index in [4.69, 9.17) is 11.0 Å². The smallest absolute Gasteiger partial charge is 0.0874 e. The minimum absolute atomic E-state index is 0.628. The molecule has 0 aromatic carbocycles. The van der Waals surface area contributed by atoms with Crippen molar-refractivity contribution < 1.29 is 0 Å². The number of aryl methyl sites for hydroxylation is 1. The van der Waals surface area contributed by atoms with Gasteiger partial charge in [-0.15, -0.1) is 5.10 Å². The highest BCUT2D eigenvalue weighted by molar-refractivity contribution is 5.20. The lowest BCUT2D eigenvalue weighted by molar-refractivity contribution is 0.526. The van der Waals surface area contributed by atoms with Gasteiger partial charge in [-0.3, -0.25) is 0 Å². The maximum absolute atomic E-state index is 8.49. The summed E-state index contributed by atoms with van der Waals surface area (Å²) in [4.78, 5) is 0. The van der Waals surface area contributed by atoms with E-state index in [0.29, 0.717) is 18.9 Å². The van der Waals surface area contributed by atoms with Crippen molar-refractivity contribution in [3.05, 3.63) is 11.4 Å². The highest BCUT2D eigenvalue weighted by Gasteiger charge is 2.30. The topological polar surface area (TPSA) is 80.5 Å². The first-order chi connectivity index (χ1) is 8.36. The number of nitriles is 1. The number of hydrogen-bond donors (Lipinski definition) is 1. The van der Waals surface area contributed by atoms with Crippen molar-refractivity contribution in [1.29, 1.82) is 5.26 Å². The summed E-state index contributed by atoms with van der Waals surface area (Å²) >= 11 is 0. The zero-order valence-corrected chi connectivity index (χ0v) is 10.1. The van der Waals surface area contributed by atoms with Gasteiger partial charge in [0, 0.05) is 25.3 Å². The highest BCUT2D eigenvalue weighted by Crippen LogP contribution is 2.41. The summed E-state index contributed by atoms with van der Waals surface area (Å²) in [6.45, 7) is 1.51. The lowest BCUT2D eigenvalue weighted by Crippen LogP contribution is -2.08. The Morgan fingerprint density at radius 2 is 2.24 bits per heavy atom. The van der Waals surface area contributed by atoms with Gasteiger partial charge in [-0.2, -0.15) is 5.26 Å². The summed E-state index contributed by atoms with van der Waals surface area (Å²) in [6, 6.07) is 2.17. The molecule has 17 heavy (non-hydrogen) atoms. The van der Waals surface area contributed by atoms with Crippen LogP contribution in [0.2, 0.25) is 0 Å². The summed E-state index contributed by atoms with van der Waals surface area (Å²) in [5, 5.41) is 16.9. The monoisotopic (exact) mass is 233 g/mol. The molecule has 0 radical (unpaired) electrons. The normalized spacial score (nSPS) is 14.8. The zero-order chi connectivity index (χ0) is 12.1. The van der Waals surface area contributed by atoms with Gasteiger partial charge >= 0.3 is 0 Å². The molecule has 0 amide bonds. The van der Waals surface area contributed by atoms with Crippen LogP contribution in [0, 0.1) is 11.3 Å². The van der Waals surface area contributed by atoms with Crippen molar-refractivity contribution in [3.8, 4) is 6.07 Å². The lowest BCUT2D eigenvalue weighted by Gasteiger charge is -2.05. The Morgan fingerprint density at radius 1 is 1.41 bits per heavy atom. The van der Waals surface area contributed by atoms with Gasteiger partial charge in [0.1, 0.15) is 0 Å². The first-order valence-corrected chi connectivity index (χ1v) is 6.36. The molecule has 2 rings (SSSR count). The summed E-state index contributed by atoms with van der Waals surface area (Å²) in [6.07, 6.45) is 5.89. The fourth-order valence-corrected chi connectivity index (χ4v) is 2.11. The van der Waals surface area contributed by atoms with Gasteiger partial charge in [-0.25, -0.2) is 4.68 Å². The molecular weight excluding hydrogens is 214 g/mol. The fourth-order valence-electron chi connectivity index (χ4n) is 2.11. The Bertz CT molecular complexity index is 400. The van der Waals surface area contributed by atoms with Crippen LogP contribution in [0.5, 0.6) is 0 Å². The predicted octanol–water partition coefficient (Wildman–Crippen LogP) is 1.35. The van der Waals surface area contributed by atoms with E-state index in [-0.39, 0.29) is 0 Å². The summed E-state index contributed by atoms with van der Waals surface area (Å²) in [5.74, 6) is 0.655. The summed E-state index contributed by atoms with van der Waals surface area (Å²) < 4.78 is 2.03. The van der Waals surface area contributed by atoms with Gasteiger partial charge < -0.3 is 5.73 Å². The van der Waals surface area contributed by atoms with Crippen LogP contribution < -0.4 is 5.73 Å². The van der Waals surface area contributed by atoms with E-state index in [1.165, 1.54) is 18.5 Å². The maximum Gasteiger partial charge on any atom is 0.0874 e. The van der Waals surface area contributed by atoms with E-state index >= 15 is 0 Å². The standard InChI is InChI=1S/C12H19N5/c13-7-2-1-3-9-17-12(10-4-5-10)11(6-8-14)15-16-17/h10H,1-6,8-9,14H2. The molecule has 1 heterocycles. The average Bonchev–Trinajstić information content (AvgIpc) is 3.09. The van der Waals surface area contributed by atoms with Crippen LogP contribution in [0.4, 0.5) is 0 Å². The lowest BCUT2D eigenvalue weighted by atomic mass is 10.1. The van der Waals surface area contributed by atoms with E-state index < -0.39 is 0 Å². The first-order valence-electron chi connectivity index (χ1n) is 6.36. The number of nitrogens with two attached hydrogens (primary N) is 1. The minimum Gasteiger partial charge on any atom is -0.330 e. The molecular formula is C12H19N5. The van der Waals surface area contributed by atoms with Crippen molar-refractivity contribution in [2.24, 2.45) is 5.73 Å². The van der Waals surface area contributed by atoms with Crippen LogP contribution in [0.1, 0.15) is 49.4 Å². The summed E-state index contributed by atoms with van der Waals surface area (Å²) in [7, 11) is 0. The number of nitrogens with zero attached hydrogens (tertiary/aromatic N) is 4. The van der Waals surface area contributed by atoms with Gasteiger partial charge in [0.05, 0.1) is 17.5 Å². The molecule has 1 aliphatic rings. The molecule has 1 fully saturated rings. The van der Waals surface area contributed by atoms with Gasteiger partial charge in [-0.05, 0) is 32.2 Å². The van der Waals surface area contributed by atoms with E-state index in [1.807, 2.05) is 4.68 Å². The maximum atomic E-state index is 8.49. The molecule has 1 aromatic rings. The largest absolute Gasteiger partial charge is 0.330 e. The zero-order valence-electron chi connectivity index (χ0n) is 10.1. The average molecular weight is 233 g/mol. The molecule has 1 saturated carbocycles. The molecule has 0 saturated heterocycles. The quantitative estimate of drug-likeness (QED) is 0.721. The second kappa shape index (κ2) is 5.78. The molecule has 0 bridgehead atoms. The molecule has 2 N–H and O–H groups in total. The van der Waals surface area contributed by atoms with Crippen molar-refractivity contribution in [2.45, 2.75) is 51.0 Å². The van der Waals surface area contributed by atoms with Gasteiger partial charge in [0.15, 0.2) is 0 Å². The predicted molar refractivity (Wildman–Crippen MR) is 64.2 cm³/mol. The molecule has 0 spiro atoms. The highest BCUT2D eigenvalue weighted by atomic mass is 15.4. The molecule has 1 aromatic heterocycles. The van der Waals surface area contributed by atoms with Crippen LogP contribution in [-0.4, -0.2) is 21.5 Å². The molecule has 92 valence electrons. The van der Waals surface area contributed by atoms with Gasteiger partial charge in [0.25, 0.3) is 0 Å². The number of aromatic nitrogens is 3. The second-order valence-corrected chi connectivity index (χ2v) is 4.57. The van der Waals surface area contributed by atoms with Crippen molar-refractivity contribution in [2.75, 3.05) is 6.54 Å². The Morgan fingerprint density at radius 3 is 2.88 bits per heavy atom. The third kappa shape index (κ3) is 3.04. The molecule has 0 unspecified atom stereocenters. The van der Waals surface area contributed by atoms with Crippen LogP contribution >= 0.6 is 0 Å². The van der Waals surface area contributed by atoms with E-state index in [2.05, 4.69) is 16.4 Å². The molecule has 1 aliphatic carbocycles. The Balaban J connectivity index is 1.98. The molecule has 5 nitrogen and oxygen atoms in total. The third-order valence-electron chi connectivity index (χ3n) is 3.10. The van der Waals surface area contributed by atoms with E-state index in [0.717, 1.165) is 31.5 Å². The second-order valence-electron chi connectivity index (χ2n) is 4.57. The number of rotatable bonds is 7. The Kier molecular flexibility index (Phi) is 4.10. The Hall–Kier alpha value is -1.41. The van der Waals surface area contributed by atoms with Crippen LogP contribution in [-0.2, 0) is 13.0 Å². The SMILES string of the molecule is N#CCCCCn1nnc(CCN)c1C1CC1. The van der Waals surface area contributed by atoms with Crippen molar-refractivity contribution >= 4 is 0 Å². The van der Waals surface area contributed by atoms with Crippen LogP contribution in [0.15, 0.2) is 0 Å². The molecule has 5 heteroatoms. The minimum atomic E-state index is 0.628. The van der Waals surface area contributed by atoms with E-state index in [1.54, 1.807) is 0 Å². The van der Waals surface area contributed by atoms with Crippen molar-refractivity contribution in [3.63, 3.8) is 0 Å². The first kappa shape index (κ1) is 12.1. The summed E-state index contributed by atoms with van der Waals surface area (Å²) in [5.41, 5.74) is 7.96.